The lowest BCUT2D eigenvalue weighted by Gasteiger charge is -2.23. The standard InChI is InChI=1S/C29H32Cl2N4O5S/c1-20(36)35(19-29(37)33-17-14-21-12-15-32-16-13-21)23-7-9-24(10-8-23)41(38,39)34-26-4-2-3-5-28(26)40-27-11-6-22(30)18-25(27)31/h2-11,18,21,32,34H,12-17,19H2,1H3,(H,33,37). The number of para-hydroxylation sites is 2. The van der Waals surface area contributed by atoms with Crippen LogP contribution >= 0.6 is 23.2 Å². The number of carbonyl (C=O) groups excluding carboxylic acids is 2. The third-order valence-corrected chi connectivity index (χ3v) is 8.63. The SMILES string of the molecule is CC(=O)N(CC(=O)NCCC1CCNCC1)c1ccc(S(=O)(=O)Nc2ccccc2Oc2ccc(Cl)cc2Cl)cc1. The highest BCUT2D eigenvalue weighted by Crippen LogP contribution is 2.36. The van der Waals surface area contributed by atoms with E-state index in [0.29, 0.717) is 28.9 Å². The van der Waals surface area contributed by atoms with E-state index >= 15 is 0 Å². The van der Waals surface area contributed by atoms with E-state index in [-0.39, 0.29) is 39.7 Å². The summed E-state index contributed by atoms with van der Waals surface area (Å²) in [4.78, 5) is 26.2. The van der Waals surface area contributed by atoms with Crippen molar-refractivity contribution in [2.45, 2.75) is 31.1 Å². The Balaban J connectivity index is 1.41. The molecule has 0 aromatic heterocycles. The maximum atomic E-state index is 13.2. The molecule has 41 heavy (non-hydrogen) atoms. The maximum absolute atomic E-state index is 13.2. The Bertz CT molecular complexity index is 1480. The summed E-state index contributed by atoms with van der Waals surface area (Å²) in [6.45, 7) is 3.74. The quantitative estimate of drug-likeness (QED) is 0.263. The number of ether oxygens (including phenoxy) is 1. The van der Waals surface area contributed by atoms with E-state index in [4.69, 9.17) is 27.9 Å². The molecule has 1 fully saturated rings. The molecule has 0 atom stereocenters. The summed E-state index contributed by atoms with van der Waals surface area (Å²) in [6.07, 6.45) is 3.08. The van der Waals surface area contributed by atoms with Gasteiger partial charge in [0, 0.05) is 24.2 Å². The number of nitrogens with one attached hydrogen (secondary N) is 3. The third-order valence-electron chi connectivity index (χ3n) is 6.72. The molecule has 0 radical (unpaired) electrons. The molecule has 1 aliphatic rings. The Morgan fingerprint density at radius 3 is 2.39 bits per heavy atom. The number of anilines is 2. The molecule has 3 aromatic carbocycles. The Kier molecular flexibility index (Phi) is 10.5. The van der Waals surface area contributed by atoms with Gasteiger partial charge >= 0.3 is 0 Å². The van der Waals surface area contributed by atoms with Crippen LogP contribution in [0.3, 0.4) is 0 Å². The lowest BCUT2D eigenvalue weighted by Crippen LogP contribution is -2.40. The molecular weight excluding hydrogens is 587 g/mol. The largest absolute Gasteiger partial charge is 0.454 e. The van der Waals surface area contributed by atoms with E-state index in [1.807, 2.05) is 0 Å². The first kappa shape index (κ1) is 30.6. The maximum Gasteiger partial charge on any atom is 0.262 e. The molecule has 0 bridgehead atoms. The second-order valence-electron chi connectivity index (χ2n) is 9.71. The van der Waals surface area contributed by atoms with Crippen LogP contribution in [0.1, 0.15) is 26.2 Å². The minimum Gasteiger partial charge on any atom is -0.454 e. The topological polar surface area (TPSA) is 117 Å². The summed E-state index contributed by atoms with van der Waals surface area (Å²) >= 11 is 12.2. The van der Waals surface area contributed by atoms with Crippen molar-refractivity contribution in [2.75, 3.05) is 35.8 Å². The molecule has 3 aromatic rings. The van der Waals surface area contributed by atoms with E-state index in [2.05, 4.69) is 15.4 Å². The zero-order chi connectivity index (χ0) is 29.4. The number of halogens is 2. The van der Waals surface area contributed by atoms with Crippen molar-refractivity contribution in [3.05, 3.63) is 76.8 Å². The lowest BCUT2D eigenvalue weighted by molar-refractivity contribution is -0.123. The van der Waals surface area contributed by atoms with E-state index in [0.717, 1.165) is 32.4 Å². The summed E-state index contributed by atoms with van der Waals surface area (Å²) in [6, 6.07) is 17.0. The number of piperidine rings is 1. The zero-order valence-corrected chi connectivity index (χ0v) is 24.9. The molecule has 12 heteroatoms. The fraction of sp³-hybridized carbons (Fsp3) is 0.310. The predicted octanol–water partition coefficient (Wildman–Crippen LogP) is 5.45. The summed E-state index contributed by atoms with van der Waals surface area (Å²) in [5, 5.41) is 6.93. The van der Waals surface area contributed by atoms with Crippen molar-refractivity contribution in [2.24, 2.45) is 5.92 Å². The van der Waals surface area contributed by atoms with Crippen LogP contribution in [0.25, 0.3) is 0 Å². The minimum atomic E-state index is -4.02. The zero-order valence-electron chi connectivity index (χ0n) is 22.5. The van der Waals surface area contributed by atoms with Crippen molar-refractivity contribution < 1.29 is 22.7 Å². The normalized spacial score (nSPS) is 13.8. The predicted molar refractivity (Wildman–Crippen MR) is 161 cm³/mol. The van der Waals surface area contributed by atoms with Gasteiger partial charge in [-0.1, -0.05) is 35.3 Å². The molecular formula is C29H32Cl2N4O5S. The van der Waals surface area contributed by atoms with Crippen LogP contribution in [0.2, 0.25) is 10.0 Å². The highest BCUT2D eigenvalue weighted by atomic mass is 35.5. The number of amides is 2. The van der Waals surface area contributed by atoms with Crippen molar-refractivity contribution >= 4 is 56.4 Å². The minimum absolute atomic E-state index is 0.0319. The first-order valence-electron chi connectivity index (χ1n) is 13.2. The molecule has 1 heterocycles. The van der Waals surface area contributed by atoms with Gasteiger partial charge in [0.15, 0.2) is 5.75 Å². The molecule has 4 rings (SSSR count). The highest BCUT2D eigenvalue weighted by molar-refractivity contribution is 7.92. The van der Waals surface area contributed by atoms with Gasteiger partial charge in [-0.15, -0.1) is 0 Å². The number of rotatable bonds is 11. The van der Waals surface area contributed by atoms with Crippen molar-refractivity contribution in [3.63, 3.8) is 0 Å². The molecule has 0 saturated carbocycles. The molecule has 0 unspecified atom stereocenters. The van der Waals surface area contributed by atoms with Crippen LogP contribution in [0, 0.1) is 5.92 Å². The van der Waals surface area contributed by atoms with Crippen LogP contribution < -0.4 is 25.0 Å². The second-order valence-corrected chi connectivity index (χ2v) is 12.2. The van der Waals surface area contributed by atoms with E-state index < -0.39 is 10.0 Å². The van der Waals surface area contributed by atoms with Crippen LogP contribution in [-0.2, 0) is 19.6 Å². The van der Waals surface area contributed by atoms with Crippen molar-refractivity contribution in [1.29, 1.82) is 0 Å². The molecule has 0 aliphatic carbocycles. The van der Waals surface area contributed by atoms with Gasteiger partial charge in [0.1, 0.15) is 12.3 Å². The van der Waals surface area contributed by atoms with Gasteiger partial charge in [0.25, 0.3) is 10.0 Å². The molecule has 218 valence electrons. The van der Waals surface area contributed by atoms with Gasteiger partial charge in [-0.3, -0.25) is 14.3 Å². The number of sulfonamides is 1. The molecule has 0 spiro atoms. The number of carbonyl (C=O) groups is 2. The van der Waals surface area contributed by atoms with Gasteiger partial charge in [-0.2, -0.15) is 0 Å². The van der Waals surface area contributed by atoms with Gasteiger partial charge in [0.2, 0.25) is 11.8 Å². The Labute approximate surface area is 250 Å². The molecule has 9 nitrogen and oxygen atoms in total. The van der Waals surface area contributed by atoms with Gasteiger partial charge < -0.3 is 20.3 Å². The second kappa shape index (κ2) is 14.0. The molecule has 3 N–H and O–H groups in total. The molecule has 1 saturated heterocycles. The number of hydrogen-bond donors (Lipinski definition) is 3. The first-order chi connectivity index (χ1) is 19.6. The smallest absolute Gasteiger partial charge is 0.262 e. The third kappa shape index (κ3) is 8.59. The number of benzene rings is 3. The number of hydrogen-bond acceptors (Lipinski definition) is 6. The Hall–Kier alpha value is -3.31. The van der Waals surface area contributed by atoms with Gasteiger partial charge in [-0.25, -0.2) is 8.42 Å². The van der Waals surface area contributed by atoms with E-state index in [1.165, 1.54) is 42.2 Å². The van der Waals surface area contributed by atoms with Crippen LogP contribution in [0.5, 0.6) is 11.5 Å². The van der Waals surface area contributed by atoms with E-state index in [1.54, 1.807) is 36.4 Å². The van der Waals surface area contributed by atoms with Crippen molar-refractivity contribution in [3.8, 4) is 11.5 Å². The molecule has 1 aliphatic heterocycles. The fourth-order valence-electron chi connectivity index (χ4n) is 4.50. The first-order valence-corrected chi connectivity index (χ1v) is 15.5. The lowest BCUT2D eigenvalue weighted by atomic mass is 9.95. The summed E-state index contributed by atoms with van der Waals surface area (Å²) in [7, 11) is -4.02. The molecule has 2 amide bonds. The highest BCUT2D eigenvalue weighted by Gasteiger charge is 2.21. The monoisotopic (exact) mass is 618 g/mol. The average Bonchev–Trinajstić information content (AvgIpc) is 2.94. The van der Waals surface area contributed by atoms with Crippen molar-refractivity contribution in [1.82, 2.24) is 10.6 Å². The average molecular weight is 620 g/mol. The van der Waals surface area contributed by atoms with E-state index in [9.17, 15) is 18.0 Å². The van der Waals surface area contributed by atoms with Crippen LogP contribution in [0.15, 0.2) is 71.6 Å². The Morgan fingerprint density at radius 2 is 1.71 bits per heavy atom. The van der Waals surface area contributed by atoms with Crippen LogP contribution in [-0.4, -0.2) is 46.4 Å². The fourth-order valence-corrected chi connectivity index (χ4v) is 6.01. The Morgan fingerprint density at radius 1 is 1.00 bits per heavy atom. The van der Waals surface area contributed by atoms with Crippen LogP contribution in [0.4, 0.5) is 11.4 Å². The number of nitrogens with zero attached hydrogens (tertiary/aromatic N) is 1. The summed E-state index contributed by atoms with van der Waals surface area (Å²) in [5.41, 5.74) is 0.611. The van der Waals surface area contributed by atoms with Gasteiger partial charge in [-0.05, 0) is 92.9 Å². The van der Waals surface area contributed by atoms with Gasteiger partial charge in [0.05, 0.1) is 15.6 Å². The summed E-state index contributed by atoms with van der Waals surface area (Å²) in [5.74, 6) is 0.527. The summed E-state index contributed by atoms with van der Waals surface area (Å²) < 4.78 is 34.8.